The van der Waals surface area contributed by atoms with Crippen LogP contribution in [-0.4, -0.2) is 48.7 Å². The van der Waals surface area contributed by atoms with Gasteiger partial charge >= 0.3 is 0 Å². The van der Waals surface area contributed by atoms with Crippen LogP contribution in [0.5, 0.6) is 0 Å². The van der Waals surface area contributed by atoms with Crippen LogP contribution in [0, 0.1) is 5.92 Å². The number of hydrogen-bond donors (Lipinski definition) is 2. The van der Waals surface area contributed by atoms with Gasteiger partial charge in [0.2, 0.25) is 0 Å². The maximum atomic E-state index is 4.11. The van der Waals surface area contributed by atoms with Crippen LogP contribution in [0.3, 0.4) is 0 Å². The lowest BCUT2D eigenvalue weighted by atomic mass is 9.87. The van der Waals surface area contributed by atoms with Crippen molar-refractivity contribution in [2.45, 2.75) is 82.0 Å². The summed E-state index contributed by atoms with van der Waals surface area (Å²) in [5, 5.41) is 7.93. The van der Waals surface area contributed by atoms with Crippen LogP contribution in [0.4, 0.5) is 0 Å². The fourth-order valence-electron chi connectivity index (χ4n) is 5.47. The predicted molar refractivity (Wildman–Crippen MR) is 82.9 cm³/mol. The van der Waals surface area contributed by atoms with Crippen LogP contribution in [0.1, 0.15) is 57.8 Å². The zero-order valence-electron chi connectivity index (χ0n) is 12.8. The van der Waals surface area contributed by atoms with Gasteiger partial charge in [0.1, 0.15) is 0 Å². The van der Waals surface area contributed by atoms with Gasteiger partial charge in [-0.3, -0.25) is 4.90 Å². The van der Waals surface area contributed by atoms with Crippen molar-refractivity contribution in [3.8, 4) is 0 Å². The molecule has 3 heteroatoms. The number of hydrogen-bond acceptors (Lipinski definition) is 3. The smallest absolute Gasteiger partial charge is 0.0250 e. The Morgan fingerprint density at radius 2 is 1.80 bits per heavy atom. The Labute approximate surface area is 123 Å². The highest BCUT2D eigenvalue weighted by atomic mass is 15.2. The quantitative estimate of drug-likeness (QED) is 0.827. The topological polar surface area (TPSA) is 27.3 Å². The number of rotatable bonds is 3. The van der Waals surface area contributed by atoms with Gasteiger partial charge in [-0.15, -0.1) is 0 Å². The van der Waals surface area contributed by atoms with Gasteiger partial charge in [0.05, 0.1) is 0 Å². The molecular formula is C17H31N3. The van der Waals surface area contributed by atoms with E-state index in [-0.39, 0.29) is 0 Å². The number of piperidine rings is 1. The van der Waals surface area contributed by atoms with Crippen LogP contribution in [-0.2, 0) is 0 Å². The minimum absolute atomic E-state index is 0.798. The molecule has 0 amide bonds. The molecule has 4 fully saturated rings. The standard InChI is InChI=1S/C17H31N3/c1-2-10-18-14(6-1)13-5-3-7-15(13)19-16-9-12-20-11-4-8-17(16)20/h13-19H,1-12H2. The molecule has 3 nitrogen and oxygen atoms in total. The molecule has 5 unspecified atom stereocenters. The second-order valence-electron chi connectivity index (χ2n) is 7.57. The Morgan fingerprint density at radius 3 is 2.70 bits per heavy atom. The Bertz CT molecular complexity index is 326. The molecule has 20 heavy (non-hydrogen) atoms. The van der Waals surface area contributed by atoms with Gasteiger partial charge in [0.25, 0.3) is 0 Å². The average molecular weight is 277 g/mol. The van der Waals surface area contributed by atoms with Crippen LogP contribution in [0.15, 0.2) is 0 Å². The molecule has 3 aliphatic heterocycles. The van der Waals surface area contributed by atoms with E-state index in [0.717, 1.165) is 30.1 Å². The molecule has 1 aliphatic carbocycles. The third-order valence-electron chi connectivity index (χ3n) is 6.47. The summed E-state index contributed by atoms with van der Waals surface area (Å²) in [6.07, 6.45) is 12.8. The molecule has 0 aromatic carbocycles. The van der Waals surface area contributed by atoms with Gasteiger partial charge in [0, 0.05) is 30.7 Å². The summed E-state index contributed by atoms with van der Waals surface area (Å²) < 4.78 is 0. The average Bonchev–Trinajstić information content (AvgIpc) is 3.18. The first kappa shape index (κ1) is 13.5. The normalized spacial score (nSPS) is 45.9. The maximum Gasteiger partial charge on any atom is 0.0250 e. The number of nitrogens with one attached hydrogen (secondary N) is 2. The van der Waals surface area contributed by atoms with Crippen molar-refractivity contribution in [3.63, 3.8) is 0 Å². The van der Waals surface area contributed by atoms with Crippen molar-refractivity contribution in [1.82, 2.24) is 15.5 Å². The Hall–Kier alpha value is -0.120. The summed E-state index contributed by atoms with van der Waals surface area (Å²) >= 11 is 0. The molecule has 0 radical (unpaired) electrons. The van der Waals surface area contributed by atoms with E-state index >= 15 is 0 Å². The van der Waals surface area contributed by atoms with Crippen LogP contribution in [0.25, 0.3) is 0 Å². The first-order valence-corrected chi connectivity index (χ1v) is 9.15. The van der Waals surface area contributed by atoms with Crippen molar-refractivity contribution in [3.05, 3.63) is 0 Å². The molecule has 0 bridgehead atoms. The van der Waals surface area contributed by atoms with Gasteiger partial charge in [-0.1, -0.05) is 12.8 Å². The summed E-state index contributed by atoms with van der Waals surface area (Å²) in [5.41, 5.74) is 0. The van der Waals surface area contributed by atoms with Crippen molar-refractivity contribution >= 4 is 0 Å². The van der Waals surface area contributed by atoms with Crippen molar-refractivity contribution in [2.75, 3.05) is 19.6 Å². The molecule has 4 rings (SSSR count). The lowest BCUT2D eigenvalue weighted by molar-refractivity contribution is 0.229. The summed E-state index contributed by atoms with van der Waals surface area (Å²) in [6.45, 7) is 3.97. The minimum atomic E-state index is 0.798. The van der Waals surface area contributed by atoms with E-state index in [4.69, 9.17) is 0 Å². The maximum absolute atomic E-state index is 4.11. The molecule has 0 spiro atoms. The van der Waals surface area contributed by atoms with E-state index in [1.165, 1.54) is 77.4 Å². The van der Waals surface area contributed by atoms with Gasteiger partial charge in [-0.05, 0) is 64.0 Å². The SMILES string of the molecule is C1CCC(C2CCCC2NC2CCN3CCCC23)NC1. The number of fused-ring (bicyclic) bond motifs is 1. The summed E-state index contributed by atoms with van der Waals surface area (Å²) in [6, 6.07) is 3.28. The Balaban J connectivity index is 1.37. The fraction of sp³-hybridized carbons (Fsp3) is 1.00. The van der Waals surface area contributed by atoms with Crippen LogP contribution in [0.2, 0.25) is 0 Å². The lowest BCUT2D eigenvalue weighted by Gasteiger charge is -2.35. The largest absolute Gasteiger partial charge is 0.314 e. The highest BCUT2D eigenvalue weighted by molar-refractivity contribution is 5.00. The monoisotopic (exact) mass is 277 g/mol. The third-order valence-corrected chi connectivity index (χ3v) is 6.47. The first-order chi connectivity index (χ1) is 9.92. The Kier molecular flexibility index (Phi) is 4.02. The van der Waals surface area contributed by atoms with Gasteiger partial charge in [-0.2, -0.15) is 0 Å². The Morgan fingerprint density at radius 1 is 0.800 bits per heavy atom. The summed E-state index contributed by atoms with van der Waals surface area (Å²) in [4.78, 5) is 2.74. The predicted octanol–water partition coefficient (Wildman–Crippen LogP) is 2.12. The van der Waals surface area contributed by atoms with E-state index in [9.17, 15) is 0 Å². The highest BCUT2D eigenvalue weighted by Gasteiger charge is 2.41. The van der Waals surface area contributed by atoms with Gasteiger partial charge in [0.15, 0.2) is 0 Å². The summed E-state index contributed by atoms with van der Waals surface area (Å²) in [5.74, 6) is 0.908. The molecule has 1 saturated carbocycles. The molecule has 114 valence electrons. The van der Waals surface area contributed by atoms with Gasteiger partial charge < -0.3 is 10.6 Å². The second-order valence-corrected chi connectivity index (χ2v) is 7.57. The van der Waals surface area contributed by atoms with Crippen molar-refractivity contribution in [1.29, 1.82) is 0 Å². The van der Waals surface area contributed by atoms with Crippen molar-refractivity contribution < 1.29 is 0 Å². The fourth-order valence-corrected chi connectivity index (χ4v) is 5.47. The molecule has 3 heterocycles. The van der Waals surface area contributed by atoms with E-state index in [1.807, 2.05) is 0 Å². The third kappa shape index (κ3) is 2.53. The molecular weight excluding hydrogens is 246 g/mol. The zero-order chi connectivity index (χ0) is 13.4. The van der Waals surface area contributed by atoms with E-state index < -0.39 is 0 Å². The molecule has 3 saturated heterocycles. The van der Waals surface area contributed by atoms with Crippen LogP contribution < -0.4 is 10.6 Å². The molecule has 0 aromatic rings. The minimum Gasteiger partial charge on any atom is -0.314 e. The first-order valence-electron chi connectivity index (χ1n) is 9.15. The van der Waals surface area contributed by atoms with Crippen molar-refractivity contribution in [2.24, 2.45) is 5.92 Å². The van der Waals surface area contributed by atoms with E-state index in [1.54, 1.807) is 0 Å². The lowest BCUT2D eigenvalue weighted by Crippen LogP contribution is -2.51. The summed E-state index contributed by atoms with van der Waals surface area (Å²) in [7, 11) is 0. The molecule has 0 aromatic heterocycles. The van der Waals surface area contributed by atoms with Gasteiger partial charge in [-0.25, -0.2) is 0 Å². The highest BCUT2D eigenvalue weighted by Crippen LogP contribution is 2.34. The molecule has 4 aliphatic rings. The zero-order valence-corrected chi connectivity index (χ0v) is 12.8. The molecule has 2 N–H and O–H groups in total. The van der Waals surface area contributed by atoms with Crippen LogP contribution >= 0.6 is 0 Å². The van der Waals surface area contributed by atoms with E-state index in [0.29, 0.717) is 0 Å². The second kappa shape index (κ2) is 5.94. The number of nitrogens with zero attached hydrogens (tertiary/aromatic N) is 1. The molecule has 5 atom stereocenters. The van der Waals surface area contributed by atoms with E-state index in [2.05, 4.69) is 15.5 Å².